The first-order chi connectivity index (χ1) is 10.0. The lowest BCUT2D eigenvalue weighted by Gasteiger charge is -2.39. The van der Waals surface area contributed by atoms with Crippen molar-refractivity contribution < 1.29 is 0 Å². The topological polar surface area (TPSA) is 12.0 Å². The quantitative estimate of drug-likeness (QED) is 0.729. The van der Waals surface area contributed by atoms with E-state index in [1.807, 2.05) is 0 Å². The third kappa shape index (κ3) is 3.62. The maximum absolute atomic E-state index is 3.79. The molecule has 1 aromatic rings. The van der Waals surface area contributed by atoms with Gasteiger partial charge in [-0.3, -0.25) is 0 Å². The predicted molar refractivity (Wildman–Crippen MR) is 91.9 cm³/mol. The highest BCUT2D eigenvalue weighted by Gasteiger charge is 2.31. The van der Waals surface area contributed by atoms with Crippen LogP contribution in [0.15, 0.2) is 24.3 Å². The van der Waals surface area contributed by atoms with Crippen molar-refractivity contribution in [3.63, 3.8) is 0 Å². The van der Waals surface area contributed by atoms with E-state index in [1.165, 1.54) is 56.2 Å². The maximum Gasteiger partial charge on any atom is 0.0342 e. The lowest BCUT2D eigenvalue weighted by molar-refractivity contribution is 0.162. The largest absolute Gasteiger partial charge is 0.382 e. The van der Waals surface area contributed by atoms with Crippen molar-refractivity contribution >= 4 is 5.69 Å². The van der Waals surface area contributed by atoms with Crippen molar-refractivity contribution in [3.8, 4) is 0 Å². The van der Waals surface area contributed by atoms with E-state index in [1.54, 1.807) is 0 Å². The van der Waals surface area contributed by atoms with Gasteiger partial charge in [-0.25, -0.2) is 0 Å². The molecule has 2 aliphatic rings. The number of benzene rings is 1. The summed E-state index contributed by atoms with van der Waals surface area (Å²) in [5.74, 6) is 2.04. The Kier molecular flexibility index (Phi) is 4.28. The van der Waals surface area contributed by atoms with Crippen molar-refractivity contribution in [1.29, 1.82) is 0 Å². The molecule has 0 aromatic heterocycles. The first kappa shape index (κ1) is 14.9. The van der Waals surface area contributed by atoms with Gasteiger partial charge < -0.3 is 5.32 Å². The fourth-order valence-electron chi connectivity index (χ4n) is 4.31. The van der Waals surface area contributed by atoms with Gasteiger partial charge in [-0.1, -0.05) is 58.6 Å². The Morgan fingerprint density at radius 2 is 1.52 bits per heavy atom. The van der Waals surface area contributed by atoms with Gasteiger partial charge in [0.1, 0.15) is 0 Å². The Morgan fingerprint density at radius 3 is 2.19 bits per heavy atom. The second-order valence-corrected chi connectivity index (χ2v) is 8.29. The normalized spacial score (nSPS) is 29.8. The van der Waals surface area contributed by atoms with Gasteiger partial charge in [0.15, 0.2) is 0 Å². The molecule has 0 saturated heterocycles. The van der Waals surface area contributed by atoms with Gasteiger partial charge in [0.2, 0.25) is 0 Å². The predicted octanol–water partition coefficient (Wildman–Crippen LogP) is 5.75. The Labute approximate surface area is 130 Å². The third-order valence-electron chi connectivity index (χ3n) is 5.66. The average Bonchev–Trinajstić information content (AvgIpc) is 2.47. The Morgan fingerprint density at radius 1 is 0.857 bits per heavy atom. The van der Waals surface area contributed by atoms with E-state index in [0.717, 1.165) is 11.8 Å². The van der Waals surface area contributed by atoms with Crippen LogP contribution in [0.25, 0.3) is 0 Å². The minimum absolute atomic E-state index is 0.249. The van der Waals surface area contributed by atoms with E-state index >= 15 is 0 Å². The molecular formula is C20H31N. The van der Waals surface area contributed by atoms with Gasteiger partial charge >= 0.3 is 0 Å². The molecular weight excluding hydrogens is 254 g/mol. The molecule has 0 heterocycles. The van der Waals surface area contributed by atoms with Crippen LogP contribution in [0.4, 0.5) is 5.69 Å². The smallest absolute Gasteiger partial charge is 0.0342 e. The van der Waals surface area contributed by atoms with Crippen LogP contribution in [0.2, 0.25) is 0 Å². The van der Waals surface area contributed by atoms with Crippen molar-refractivity contribution in [2.75, 3.05) is 5.32 Å². The van der Waals surface area contributed by atoms with E-state index in [0.29, 0.717) is 6.04 Å². The summed E-state index contributed by atoms with van der Waals surface area (Å²) in [4.78, 5) is 0. The van der Waals surface area contributed by atoms with Crippen molar-refractivity contribution in [1.82, 2.24) is 0 Å². The second kappa shape index (κ2) is 6.02. The zero-order chi connectivity index (χ0) is 14.9. The van der Waals surface area contributed by atoms with Crippen LogP contribution < -0.4 is 5.32 Å². The van der Waals surface area contributed by atoms with E-state index in [-0.39, 0.29) is 5.41 Å². The van der Waals surface area contributed by atoms with E-state index in [4.69, 9.17) is 0 Å². The number of nitrogens with one attached hydrogen (secondary N) is 1. The molecule has 2 aliphatic carbocycles. The molecule has 116 valence electrons. The fourth-order valence-corrected chi connectivity index (χ4v) is 4.31. The van der Waals surface area contributed by atoms with Gasteiger partial charge in [0, 0.05) is 11.7 Å². The van der Waals surface area contributed by atoms with Crippen LogP contribution in [0.3, 0.4) is 0 Å². The molecule has 1 heteroatoms. The van der Waals surface area contributed by atoms with Crippen molar-refractivity contribution in [2.45, 2.75) is 77.2 Å². The molecule has 0 spiro atoms. The Balaban J connectivity index is 1.59. The van der Waals surface area contributed by atoms with Gasteiger partial charge in [-0.15, -0.1) is 0 Å². The van der Waals surface area contributed by atoms with Gasteiger partial charge in [0.25, 0.3) is 0 Å². The van der Waals surface area contributed by atoms with Crippen LogP contribution in [-0.4, -0.2) is 6.04 Å². The lowest BCUT2D eigenvalue weighted by atomic mass is 9.69. The average molecular weight is 285 g/mol. The molecule has 0 bridgehead atoms. The number of rotatable bonds is 2. The highest BCUT2D eigenvalue weighted by molar-refractivity contribution is 5.46. The zero-order valence-corrected chi connectivity index (χ0v) is 14.0. The summed E-state index contributed by atoms with van der Waals surface area (Å²) in [6, 6.07) is 9.81. The highest BCUT2D eigenvalue weighted by Crippen LogP contribution is 2.41. The standard InChI is InChI=1S/C20H31N/c1-20(2,3)17-9-12-18(13-10-17)21-19-11-8-15-6-4-5-7-16(15)14-19/h9-10,12-13,15-16,19,21H,4-8,11,14H2,1-3H3. The van der Waals surface area contributed by atoms with Crippen LogP contribution >= 0.6 is 0 Å². The van der Waals surface area contributed by atoms with Crippen LogP contribution in [0, 0.1) is 11.8 Å². The molecule has 3 rings (SSSR count). The molecule has 0 aliphatic heterocycles. The summed E-state index contributed by atoms with van der Waals surface area (Å²) >= 11 is 0. The third-order valence-corrected chi connectivity index (χ3v) is 5.66. The molecule has 0 radical (unpaired) electrons. The second-order valence-electron chi connectivity index (χ2n) is 8.29. The molecule has 21 heavy (non-hydrogen) atoms. The summed E-state index contributed by atoms with van der Waals surface area (Å²) in [5.41, 5.74) is 2.98. The highest BCUT2D eigenvalue weighted by atomic mass is 14.9. The summed E-state index contributed by atoms with van der Waals surface area (Å²) in [7, 11) is 0. The molecule has 1 N–H and O–H groups in total. The fraction of sp³-hybridized carbons (Fsp3) is 0.700. The first-order valence-electron chi connectivity index (χ1n) is 8.89. The van der Waals surface area contributed by atoms with Crippen molar-refractivity contribution in [2.24, 2.45) is 11.8 Å². The van der Waals surface area contributed by atoms with Crippen LogP contribution in [0.5, 0.6) is 0 Å². The van der Waals surface area contributed by atoms with E-state index < -0.39 is 0 Å². The first-order valence-corrected chi connectivity index (χ1v) is 8.89. The molecule has 3 atom stereocenters. The summed E-state index contributed by atoms with van der Waals surface area (Å²) in [5, 5.41) is 3.79. The SMILES string of the molecule is CC(C)(C)c1ccc(NC2CCC3CCCCC3C2)cc1. The number of hydrogen-bond donors (Lipinski definition) is 1. The molecule has 2 saturated carbocycles. The van der Waals surface area contributed by atoms with E-state index in [2.05, 4.69) is 50.4 Å². The number of fused-ring (bicyclic) bond motifs is 1. The van der Waals surface area contributed by atoms with Crippen LogP contribution in [0.1, 0.15) is 71.3 Å². The van der Waals surface area contributed by atoms with Gasteiger partial charge in [0.05, 0.1) is 0 Å². The van der Waals surface area contributed by atoms with Crippen LogP contribution in [-0.2, 0) is 5.41 Å². The summed E-state index contributed by atoms with van der Waals surface area (Å²) < 4.78 is 0. The summed E-state index contributed by atoms with van der Waals surface area (Å²) in [6.07, 6.45) is 10.1. The monoisotopic (exact) mass is 285 g/mol. The zero-order valence-electron chi connectivity index (χ0n) is 14.0. The molecule has 2 fully saturated rings. The minimum atomic E-state index is 0.249. The van der Waals surface area contributed by atoms with Gasteiger partial charge in [-0.05, 0) is 54.2 Å². The lowest BCUT2D eigenvalue weighted by Crippen LogP contribution is -2.34. The molecule has 1 aromatic carbocycles. The van der Waals surface area contributed by atoms with Crippen molar-refractivity contribution in [3.05, 3.63) is 29.8 Å². The van der Waals surface area contributed by atoms with Gasteiger partial charge in [-0.2, -0.15) is 0 Å². The summed E-state index contributed by atoms with van der Waals surface area (Å²) in [6.45, 7) is 6.83. The number of anilines is 1. The Bertz CT molecular complexity index is 454. The number of hydrogen-bond acceptors (Lipinski definition) is 1. The maximum atomic E-state index is 3.79. The molecule has 1 nitrogen and oxygen atoms in total. The Hall–Kier alpha value is -0.980. The molecule has 3 unspecified atom stereocenters. The molecule has 0 amide bonds. The van der Waals surface area contributed by atoms with E-state index in [9.17, 15) is 0 Å². The minimum Gasteiger partial charge on any atom is -0.382 e.